The number of ether oxygens (including phenoxy) is 2. The van der Waals surface area contributed by atoms with E-state index in [1.165, 1.54) is 25.3 Å². The first-order valence-corrected chi connectivity index (χ1v) is 10.3. The van der Waals surface area contributed by atoms with Gasteiger partial charge in [0.15, 0.2) is 5.82 Å². The molecule has 0 fully saturated rings. The second-order valence-corrected chi connectivity index (χ2v) is 8.17. The summed E-state index contributed by atoms with van der Waals surface area (Å²) in [5.74, 6) is -1.91. The summed E-state index contributed by atoms with van der Waals surface area (Å²) < 4.78 is 40.8. The van der Waals surface area contributed by atoms with E-state index in [-0.39, 0.29) is 16.5 Å². The predicted octanol–water partition coefficient (Wildman–Crippen LogP) is 5.51. The molecule has 2 aromatic carbocycles. The van der Waals surface area contributed by atoms with Crippen LogP contribution in [-0.2, 0) is 14.9 Å². The fraction of sp³-hybridized carbons (Fsp3) is 0.250. The Kier molecular flexibility index (Phi) is 6.02. The van der Waals surface area contributed by atoms with Crippen LogP contribution in [-0.4, -0.2) is 33.0 Å². The van der Waals surface area contributed by atoms with Crippen molar-refractivity contribution in [3.05, 3.63) is 69.2 Å². The Bertz CT molecular complexity index is 1200. The third-order valence-electron chi connectivity index (χ3n) is 4.90. The number of nitrogens with zero attached hydrogens (tertiary/aromatic N) is 3. The molecular formula is C20H14Cl3F2N3O4. The molecule has 0 saturated heterocycles. The zero-order valence-corrected chi connectivity index (χ0v) is 18.5. The van der Waals surface area contributed by atoms with E-state index in [0.29, 0.717) is 21.9 Å². The summed E-state index contributed by atoms with van der Waals surface area (Å²) in [5.41, 5.74) is 0.952. The highest BCUT2D eigenvalue weighted by atomic mass is 35.5. The van der Waals surface area contributed by atoms with Crippen LogP contribution in [0.3, 0.4) is 0 Å². The number of rotatable bonds is 5. The molecular weight excluding hydrogens is 491 g/mol. The molecule has 0 bridgehead atoms. The molecule has 0 spiro atoms. The number of aromatic nitrogens is 3. The van der Waals surface area contributed by atoms with Crippen LogP contribution < -0.4 is 4.74 Å². The molecule has 0 amide bonds. The maximum absolute atomic E-state index is 14.2. The summed E-state index contributed by atoms with van der Waals surface area (Å²) in [7, 11) is 1.44. The number of halogens is 5. The minimum Gasteiger partial charge on any atom is -0.495 e. The van der Waals surface area contributed by atoms with Gasteiger partial charge in [-0.05, 0) is 35.9 Å². The Balaban J connectivity index is 2.03. The van der Waals surface area contributed by atoms with Crippen molar-refractivity contribution in [1.82, 2.24) is 14.8 Å². The van der Waals surface area contributed by atoms with Crippen LogP contribution >= 0.6 is 34.8 Å². The van der Waals surface area contributed by atoms with Gasteiger partial charge in [-0.3, -0.25) is 9.36 Å². The number of alkyl halides is 3. The van der Waals surface area contributed by atoms with Gasteiger partial charge in [0, 0.05) is 16.1 Å². The number of methoxy groups -OCH3 is 1. The third-order valence-corrected chi connectivity index (χ3v) is 5.71. The van der Waals surface area contributed by atoms with Gasteiger partial charge in [-0.25, -0.2) is 0 Å². The molecule has 32 heavy (non-hydrogen) atoms. The van der Waals surface area contributed by atoms with Crippen molar-refractivity contribution >= 4 is 40.8 Å². The maximum atomic E-state index is 14.2. The van der Waals surface area contributed by atoms with E-state index < -0.39 is 35.8 Å². The van der Waals surface area contributed by atoms with Gasteiger partial charge >= 0.3 is 11.4 Å². The zero-order chi connectivity index (χ0) is 23.2. The SMILES string of the molecule is COc1cccc([C@@H]2O[C@@H](CC(=O)O)c3nnc(C(F)(F)Cl)n3-c3ccc(Cl)cc32)c1Cl. The normalized spacial score (nSPS) is 17.9. The number of fused-ring (bicyclic) bond motifs is 3. The molecule has 12 heteroatoms. The third kappa shape index (κ3) is 4.01. The van der Waals surface area contributed by atoms with Gasteiger partial charge in [0.2, 0.25) is 5.82 Å². The smallest absolute Gasteiger partial charge is 0.382 e. The predicted molar refractivity (Wildman–Crippen MR) is 112 cm³/mol. The van der Waals surface area contributed by atoms with Crippen LogP contribution in [0.15, 0.2) is 36.4 Å². The first-order valence-electron chi connectivity index (χ1n) is 9.13. The van der Waals surface area contributed by atoms with E-state index in [0.717, 1.165) is 4.57 Å². The Morgan fingerprint density at radius 2 is 2.00 bits per heavy atom. The fourth-order valence-corrected chi connectivity index (χ4v) is 4.20. The minimum atomic E-state index is -3.89. The van der Waals surface area contributed by atoms with Crippen LogP contribution in [0.5, 0.6) is 5.75 Å². The molecule has 7 nitrogen and oxygen atoms in total. The van der Waals surface area contributed by atoms with E-state index in [4.69, 9.17) is 44.3 Å². The van der Waals surface area contributed by atoms with Crippen molar-refractivity contribution in [3.63, 3.8) is 0 Å². The maximum Gasteiger partial charge on any atom is 0.382 e. The first-order chi connectivity index (χ1) is 15.1. The number of carbonyl (C=O) groups is 1. The van der Waals surface area contributed by atoms with Gasteiger partial charge in [-0.2, -0.15) is 8.78 Å². The number of benzene rings is 2. The lowest BCUT2D eigenvalue weighted by atomic mass is 9.99. The van der Waals surface area contributed by atoms with Crippen molar-refractivity contribution in [2.45, 2.75) is 24.0 Å². The summed E-state index contributed by atoms with van der Waals surface area (Å²) in [6.45, 7) is 0. The number of aliphatic carboxylic acids is 1. The molecule has 0 aliphatic carbocycles. The average molecular weight is 505 g/mol. The number of hydrogen-bond donors (Lipinski definition) is 1. The zero-order valence-electron chi connectivity index (χ0n) is 16.2. The fourth-order valence-electron chi connectivity index (χ4n) is 3.59. The minimum absolute atomic E-state index is 0.146. The molecule has 4 rings (SSSR count). The molecule has 2 heterocycles. The highest BCUT2D eigenvalue weighted by Gasteiger charge is 2.42. The van der Waals surface area contributed by atoms with Gasteiger partial charge in [0.05, 0.1) is 24.2 Å². The van der Waals surface area contributed by atoms with Crippen LogP contribution in [0, 0.1) is 0 Å². The summed E-state index contributed by atoms with van der Waals surface area (Å²) in [5, 5.41) is 13.3. The second-order valence-electron chi connectivity index (χ2n) is 6.88. The standard InChI is InChI=1S/C20H14Cl3F2N3O4/c1-31-13-4-2-3-10(16(13)22)17-11-7-9(21)5-6-12(11)28-18(14(32-17)8-15(29)30)26-27-19(28)20(23,24)25/h2-7,14,17H,8H2,1H3,(H,29,30)/t14-,17-/m0/s1. The lowest BCUT2D eigenvalue weighted by Gasteiger charge is -2.23. The Morgan fingerprint density at radius 3 is 2.66 bits per heavy atom. The van der Waals surface area contributed by atoms with Gasteiger partial charge in [-0.1, -0.05) is 35.3 Å². The molecule has 3 aromatic rings. The van der Waals surface area contributed by atoms with Crippen molar-refractivity contribution < 1.29 is 28.2 Å². The first kappa shape index (κ1) is 22.7. The van der Waals surface area contributed by atoms with E-state index in [2.05, 4.69) is 10.2 Å². The van der Waals surface area contributed by atoms with Gasteiger partial charge in [-0.15, -0.1) is 10.2 Å². The molecule has 168 valence electrons. The Morgan fingerprint density at radius 1 is 1.25 bits per heavy atom. The quantitative estimate of drug-likeness (QED) is 0.461. The van der Waals surface area contributed by atoms with E-state index in [9.17, 15) is 18.7 Å². The molecule has 1 aliphatic heterocycles. The largest absolute Gasteiger partial charge is 0.495 e. The Labute approximate surface area is 195 Å². The van der Waals surface area contributed by atoms with E-state index >= 15 is 0 Å². The van der Waals surface area contributed by atoms with Crippen molar-refractivity contribution in [2.75, 3.05) is 7.11 Å². The molecule has 0 saturated carbocycles. The number of carboxylic acid groups (broad SMARTS) is 1. The number of carboxylic acids is 1. The summed E-state index contributed by atoms with van der Waals surface area (Å²) in [6, 6.07) is 9.44. The molecule has 1 aliphatic rings. The van der Waals surface area contributed by atoms with Gasteiger partial charge < -0.3 is 14.6 Å². The summed E-state index contributed by atoms with van der Waals surface area (Å²) >= 11 is 18.0. The summed E-state index contributed by atoms with van der Waals surface area (Å²) in [6.07, 6.45) is -2.83. The van der Waals surface area contributed by atoms with Crippen molar-refractivity contribution in [1.29, 1.82) is 0 Å². The van der Waals surface area contributed by atoms with Crippen molar-refractivity contribution in [2.24, 2.45) is 0 Å². The van der Waals surface area contributed by atoms with Crippen LogP contribution in [0.25, 0.3) is 5.69 Å². The monoisotopic (exact) mass is 503 g/mol. The topological polar surface area (TPSA) is 86.5 Å². The molecule has 2 atom stereocenters. The van der Waals surface area contributed by atoms with Crippen LogP contribution in [0.2, 0.25) is 10.0 Å². The summed E-state index contributed by atoms with van der Waals surface area (Å²) in [4.78, 5) is 11.6. The highest BCUT2D eigenvalue weighted by molar-refractivity contribution is 6.33. The molecule has 1 N–H and O–H groups in total. The second kappa shape index (κ2) is 8.47. The lowest BCUT2D eigenvalue weighted by molar-refractivity contribution is -0.141. The molecule has 0 unspecified atom stereocenters. The van der Waals surface area contributed by atoms with Crippen molar-refractivity contribution in [3.8, 4) is 11.4 Å². The molecule has 1 aromatic heterocycles. The van der Waals surface area contributed by atoms with Gasteiger partial charge in [0.1, 0.15) is 18.0 Å². The average Bonchev–Trinajstić information content (AvgIpc) is 3.12. The number of hydrogen-bond acceptors (Lipinski definition) is 5. The van der Waals surface area contributed by atoms with E-state index in [1.54, 1.807) is 18.2 Å². The van der Waals surface area contributed by atoms with Crippen LogP contribution in [0.1, 0.15) is 41.4 Å². The highest BCUT2D eigenvalue weighted by Crippen LogP contribution is 2.46. The Hall–Kier alpha value is -2.46. The molecule has 0 radical (unpaired) electrons. The van der Waals surface area contributed by atoms with Crippen LogP contribution in [0.4, 0.5) is 8.78 Å². The lowest BCUT2D eigenvalue weighted by Crippen LogP contribution is -2.17. The van der Waals surface area contributed by atoms with E-state index in [1.807, 2.05) is 0 Å². The van der Waals surface area contributed by atoms with Gasteiger partial charge in [0.25, 0.3) is 0 Å².